The molecule has 0 saturated carbocycles. The van der Waals surface area contributed by atoms with E-state index in [4.69, 9.17) is 0 Å². The lowest BCUT2D eigenvalue weighted by molar-refractivity contribution is -0.131. The second kappa shape index (κ2) is 3.96. The van der Waals surface area contributed by atoms with Gasteiger partial charge in [-0.1, -0.05) is 0 Å². The molecule has 6 heteroatoms. The van der Waals surface area contributed by atoms with Crippen molar-refractivity contribution < 1.29 is 14.7 Å². The average molecular weight is 241 g/mol. The number of hydrogen-bond donors (Lipinski definition) is 3. The quantitative estimate of drug-likeness (QED) is 0.578. The van der Waals surface area contributed by atoms with E-state index in [9.17, 15) is 14.7 Å². The summed E-state index contributed by atoms with van der Waals surface area (Å²) >= 11 is 0. The molecule has 96 valence electrons. The molecule has 0 aliphatic carbocycles. The Morgan fingerprint density at radius 1 is 1.47 bits per heavy atom. The van der Waals surface area contributed by atoms with Crippen molar-refractivity contribution in [2.75, 3.05) is 19.6 Å². The number of urea groups is 1. The van der Waals surface area contributed by atoms with Crippen LogP contribution in [-0.4, -0.2) is 52.7 Å². The van der Waals surface area contributed by atoms with Crippen LogP contribution in [0.1, 0.15) is 26.7 Å². The molecular formula is C11H19N3O3. The number of carbonyl (C=O) groups excluding carboxylic acids is 2. The lowest BCUT2D eigenvalue weighted by Gasteiger charge is -2.22. The predicted octanol–water partition coefficient (Wildman–Crippen LogP) is -0.569. The van der Waals surface area contributed by atoms with Crippen molar-refractivity contribution in [1.29, 1.82) is 0 Å². The molecule has 2 rings (SSSR count). The molecule has 2 saturated heterocycles. The normalized spacial score (nSPS) is 29.2. The highest BCUT2D eigenvalue weighted by atomic mass is 16.3. The van der Waals surface area contributed by atoms with Gasteiger partial charge in [0.1, 0.15) is 5.54 Å². The van der Waals surface area contributed by atoms with Crippen molar-refractivity contribution in [3.63, 3.8) is 0 Å². The van der Waals surface area contributed by atoms with Crippen molar-refractivity contribution in [2.24, 2.45) is 0 Å². The number of nitrogens with one attached hydrogen (secondary N) is 2. The lowest BCUT2D eigenvalue weighted by Crippen LogP contribution is -2.48. The molecule has 1 unspecified atom stereocenters. The maximum atomic E-state index is 12.2. The van der Waals surface area contributed by atoms with E-state index in [-0.39, 0.29) is 18.5 Å². The van der Waals surface area contributed by atoms with Crippen LogP contribution >= 0.6 is 0 Å². The van der Waals surface area contributed by atoms with Crippen molar-refractivity contribution >= 4 is 11.9 Å². The molecule has 0 aromatic heterocycles. The summed E-state index contributed by atoms with van der Waals surface area (Å²) in [6.45, 7) is 4.83. The van der Waals surface area contributed by atoms with Crippen LogP contribution < -0.4 is 10.6 Å². The van der Waals surface area contributed by atoms with E-state index < -0.39 is 11.1 Å². The summed E-state index contributed by atoms with van der Waals surface area (Å²) in [5.41, 5.74) is -1.61. The third-order valence-electron chi connectivity index (χ3n) is 3.35. The van der Waals surface area contributed by atoms with Crippen molar-refractivity contribution in [1.82, 2.24) is 15.5 Å². The van der Waals surface area contributed by atoms with Gasteiger partial charge in [-0.05, 0) is 33.2 Å². The SMILES string of the molecule is CC(C)(O)CCN1C(=O)NC2(CCNC2)C1=O. The van der Waals surface area contributed by atoms with E-state index >= 15 is 0 Å². The Kier molecular flexibility index (Phi) is 2.87. The van der Waals surface area contributed by atoms with Crippen LogP contribution in [0.3, 0.4) is 0 Å². The fourth-order valence-corrected chi connectivity index (χ4v) is 2.25. The molecule has 2 aliphatic heterocycles. The van der Waals surface area contributed by atoms with E-state index in [1.165, 1.54) is 4.90 Å². The van der Waals surface area contributed by atoms with E-state index in [0.717, 1.165) is 6.54 Å². The highest BCUT2D eigenvalue weighted by Crippen LogP contribution is 2.25. The van der Waals surface area contributed by atoms with Crippen LogP contribution in [0.25, 0.3) is 0 Å². The number of nitrogens with zero attached hydrogens (tertiary/aromatic N) is 1. The van der Waals surface area contributed by atoms with Crippen molar-refractivity contribution in [2.45, 2.75) is 37.8 Å². The number of rotatable bonds is 3. The first-order valence-electron chi connectivity index (χ1n) is 5.91. The second-order valence-corrected chi connectivity index (χ2v) is 5.46. The molecule has 3 amide bonds. The van der Waals surface area contributed by atoms with Gasteiger partial charge in [-0.25, -0.2) is 4.79 Å². The summed E-state index contributed by atoms with van der Waals surface area (Å²) in [6.07, 6.45) is 1.02. The maximum absolute atomic E-state index is 12.2. The molecular weight excluding hydrogens is 222 g/mol. The molecule has 2 aliphatic rings. The Bertz CT molecular complexity index is 342. The maximum Gasteiger partial charge on any atom is 0.325 e. The highest BCUT2D eigenvalue weighted by Gasteiger charge is 2.52. The summed E-state index contributed by atoms with van der Waals surface area (Å²) in [6, 6.07) is -0.344. The Morgan fingerprint density at radius 3 is 2.71 bits per heavy atom. The van der Waals surface area contributed by atoms with Gasteiger partial charge in [-0.3, -0.25) is 9.69 Å². The van der Waals surface area contributed by atoms with Crippen molar-refractivity contribution in [3.8, 4) is 0 Å². The minimum absolute atomic E-state index is 0.170. The molecule has 1 atom stereocenters. The zero-order valence-corrected chi connectivity index (χ0v) is 10.2. The fourth-order valence-electron chi connectivity index (χ4n) is 2.25. The topological polar surface area (TPSA) is 81.7 Å². The first-order chi connectivity index (χ1) is 7.84. The molecule has 0 aromatic carbocycles. The number of imide groups is 1. The van der Waals surface area contributed by atoms with E-state index in [0.29, 0.717) is 19.4 Å². The molecule has 1 spiro atoms. The minimum atomic E-state index is -0.871. The van der Waals surface area contributed by atoms with E-state index in [2.05, 4.69) is 10.6 Å². The summed E-state index contributed by atoms with van der Waals surface area (Å²) < 4.78 is 0. The molecule has 3 N–H and O–H groups in total. The van der Waals surface area contributed by atoms with Crippen molar-refractivity contribution in [3.05, 3.63) is 0 Å². The van der Waals surface area contributed by atoms with Gasteiger partial charge >= 0.3 is 6.03 Å². The predicted molar refractivity (Wildman–Crippen MR) is 61.4 cm³/mol. The highest BCUT2D eigenvalue weighted by molar-refractivity contribution is 6.07. The molecule has 2 fully saturated rings. The lowest BCUT2D eigenvalue weighted by atomic mass is 9.98. The zero-order valence-electron chi connectivity index (χ0n) is 10.2. The van der Waals surface area contributed by atoms with Gasteiger partial charge in [-0.15, -0.1) is 0 Å². The van der Waals surface area contributed by atoms with Crippen LogP contribution in [0.15, 0.2) is 0 Å². The third-order valence-corrected chi connectivity index (χ3v) is 3.35. The van der Waals surface area contributed by atoms with Crippen LogP contribution in [-0.2, 0) is 4.79 Å². The molecule has 0 bridgehead atoms. The van der Waals surface area contributed by atoms with Gasteiger partial charge in [0.05, 0.1) is 5.60 Å². The number of carbonyl (C=O) groups is 2. The summed E-state index contributed by atoms with van der Waals surface area (Å²) in [4.78, 5) is 25.1. The van der Waals surface area contributed by atoms with Gasteiger partial charge in [0.2, 0.25) is 0 Å². The molecule has 6 nitrogen and oxygen atoms in total. The Balaban J connectivity index is 2.04. The van der Waals surface area contributed by atoms with Crippen LogP contribution in [0.4, 0.5) is 4.79 Å². The van der Waals surface area contributed by atoms with Crippen LogP contribution in [0, 0.1) is 0 Å². The summed E-state index contributed by atoms with van der Waals surface area (Å²) in [5.74, 6) is -0.170. The Morgan fingerprint density at radius 2 is 2.18 bits per heavy atom. The summed E-state index contributed by atoms with van der Waals surface area (Å²) in [5, 5.41) is 15.5. The Hall–Kier alpha value is -1.14. The summed E-state index contributed by atoms with van der Waals surface area (Å²) in [7, 11) is 0. The Labute approximate surface area is 100 Å². The van der Waals surface area contributed by atoms with E-state index in [1.54, 1.807) is 13.8 Å². The van der Waals surface area contributed by atoms with Crippen LogP contribution in [0.5, 0.6) is 0 Å². The van der Waals surface area contributed by atoms with Gasteiger partial charge in [0.15, 0.2) is 0 Å². The molecule has 2 heterocycles. The fraction of sp³-hybridized carbons (Fsp3) is 0.818. The molecule has 17 heavy (non-hydrogen) atoms. The monoisotopic (exact) mass is 241 g/mol. The smallest absolute Gasteiger partial charge is 0.325 e. The van der Waals surface area contributed by atoms with Crippen LogP contribution in [0.2, 0.25) is 0 Å². The molecule has 0 radical (unpaired) electrons. The minimum Gasteiger partial charge on any atom is -0.390 e. The third kappa shape index (κ3) is 2.28. The van der Waals surface area contributed by atoms with Gasteiger partial charge < -0.3 is 15.7 Å². The van der Waals surface area contributed by atoms with Gasteiger partial charge in [0, 0.05) is 13.1 Å². The van der Waals surface area contributed by atoms with Gasteiger partial charge in [0.25, 0.3) is 5.91 Å². The standard InChI is InChI=1S/C11H19N3O3/c1-10(2,17)4-6-14-8(15)11(13-9(14)16)3-5-12-7-11/h12,17H,3-7H2,1-2H3,(H,13,16). The largest absolute Gasteiger partial charge is 0.390 e. The first-order valence-corrected chi connectivity index (χ1v) is 5.91. The zero-order chi connectivity index (χ0) is 12.7. The number of amides is 3. The second-order valence-electron chi connectivity index (χ2n) is 5.46. The number of hydrogen-bond acceptors (Lipinski definition) is 4. The first kappa shape index (κ1) is 12.3. The van der Waals surface area contributed by atoms with Gasteiger partial charge in [-0.2, -0.15) is 0 Å². The number of aliphatic hydroxyl groups is 1. The average Bonchev–Trinajstić information content (AvgIpc) is 2.73. The van der Waals surface area contributed by atoms with E-state index in [1.807, 2.05) is 0 Å². The molecule has 0 aromatic rings.